The highest BCUT2D eigenvalue weighted by atomic mass is 32.1. The molecule has 0 fully saturated rings. The number of rotatable bonds is 3. The van der Waals surface area contributed by atoms with Gasteiger partial charge in [0.25, 0.3) is 4.96 Å². The van der Waals surface area contributed by atoms with E-state index < -0.39 is 4.92 Å². The topological polar surface area (TPSA) is 69.7 Å². The Balaban J connectivity index is 2.63. The zero-order chi connectivity index (χ0) is 10.1. The summed E-state index contributed by atoms with van der Waals surface area (Å²) in [6, 6.07) is 0. The van der Waals surface area contributed by atoms with Gasteiger partial charge < -0.3 is 14.9 Å². The molecule has 2 rings (SSSR count). The Hall–Kier alpha value is -1.63. The Morgan fingerprint density at radius 3 is 3.21 bits per heavy atom. The molecule has 2 aromatic rings. The molecule has 0 N–H and O–H groups in total. The summed E-state index contributed by atoms with van der Waals surface area (Å²) >= 11 is 1.33. The van der Waals surface area contributed by atoms with Crippen LogP contribution in [-0.4, -0.2) is 20.9 Å². The van der Waals surface area contributed by atoms with E-state index in [4.69, 9.17) is 4.74 Å². The second kappa shape index (κ2) is 3.26. The molecule has 0 bridgehead atoms. The largest absolute Gasteiger partial charge is 0.472 e. The van der Waals surface area contributed by atoms with Crippen LogP contribution in [0.1, 0.15) is 6.92 Å². The number of ether oxygens (including phenoxy) is 1. The zero-order valence-electron chi connectivity index (χ0n) is 7.34. The molecular formula is C7H7N3O3S. The van der Waals surface area contributed by atoms with Crippen molar-refractivity contribution in [2.75, 3.05) is 6.61 Å². The lowest BCUT2D eigenvalue weighted by molar-refractivity contribution is -0.391. The summed E-state index contributed by atoms with van der Waals surface area (Å²) in [5.41, 5.74) is 0. The minimum Gasteiger partial charge on any atom is -0.472 e. The van der Waals surface area contributed by atoms with E-state index in [9.17, 15) is 10.1 Å². The number of imidazole rings is 1. The lowest BCUT2D eigenvalue weighted by Gasteiger charge is -1.97. The van der Waals surface area contributed by atoms with Gasteiger partial charge in [-0.15, -0.1) is 0 Å². The summed E-state index contributed by atoms with van der Waals surface area (Å²) in [6.07, 6.45) is 1.60. The summed E-state index contributed by atoms with van der Waals surface area (Å²) in [6.45, 7) is 2.13. The molecule has 2 aromatic heterocycles. The first-order valence-electron chi connectivity index (χ1n) is 3.96. The molecule has 14 heavy (non-hydrogen) atoms. The van der Waals surface area contributed by atoms with Gasteiger partial charge in [0, 0.05) is 5.38 Å². The van der Waals surface area contributed by atoms with Crippen molar-refractivity contribution in [3.63, 3.8) is 0 Å². The van der Waals surface area contributed by atoms with Gasteiger partial charge >= 0.3 is 11.7 Å². The van der Waals surface area contributed by atoms with Gasteiger partial charge in [-0.1, -0.05) is 11.3 Å². The van der Waals surface area contributed by atoms with Crippen LogP contribution in [0.15, 0.2) is 11.6 Å². The summed E-state index contributed by atoms with van der Waals surface area (Å²) in [5, 5.41) is 12.5. The first kappa shape index (κ1) is 8.95. The van der Waals surface area contributed by atoms with Crippen molar-refractivity contribution < 1.29 is 9.66 Å². The van der Waals surface area contributed by atoms with E-state index in [2.05, 4.69) is 4.98 Å². The Labute approximate surface area is 82.9 Å². The third kappa shape index (κ3) is 1.22. The van der Waals surface area contributed by atoms with Crippen molar-refractivity contribution in [3.8, 4) is 5.88 Å². The molecular weight excluding hydrogens is 206 g/mol. The van der Waals surface area contributed by atoms with E-state index in [1.165, 1.54) is 15.7 Å². The Morgan fingerprint density at radius 1 is 1.79 bits per heavy atom. The van der Waals surface area contributed by atoms with E-state index >= 15 is 0 Å². The van der Waals surface area contributed by atoms with Gasteiger partial charge in [-0.25, -0.2) is 0 Å². The highest BCUT2D eigenvalue weighted by Gasteiger charge is 2.24. The van der Waals surface area contributed by atoms with E-state index in [0.29, 0.717) is 11.6 Å². The van der Waals surface area contributed by atoms with Gasteiger partial charge in [0.1, 0.15) is 6.20 Å². The van der Waals surface area contributed by atoms with Gasteiger partial charge in [0.2, 0.25) is 0 Å². The zero-order valence-corrected chi connectivity index (χ0v) is 8.15. The first-order valence-corrected chi connectivity index (χ1v) is 4.84. The van der Waals surface area contributed by atoms with Crippen LogP contribution in [0.25, 0.3) is 4.96 Å². The quantitative estimate of drug-likeness (QED) is 0.574. The number of nitro groups is 1. The summed E-state index contributed by atoms with van der Waals surface area (Å²) in [7, 11) is 0. The molecule has 0 amide bonds. The van der Waals surface area contributed by atoms with Crippen LogP contribution in [0.2, 0.25) is 0 Å². The molecule has 2 heterocycles. The fraction of sp³-hybridized carbons (Fsp3) is 0.286. The van der Waals surface area contributed by atoms with E-state index in [1.807, 2.05) is 0 Å². The molecule has 0 unspecified atom stereocenters. The summed E-state index contributed by atoms with van der Waals surface area (Å²) in [5.74, 6) is -0.0209. The predicted molar refractivity (Wildman–Crippen MR) is 50.9 cm³/mol. The second-order valence-electron chi connectivity index (χ2n) is 2.49. The van der Waals surface area contributed by atoms with Crippen LogP contribution in [0.4, 0.5) is 5.82 Å². The third-order valence-corrected chi connectivity index (χ3v) is 2.42. The number of aromatic nitrogens is 2. The lowest BCUT2D eigenvalue weighted by Crippen LogP contribution is -1.98. The Kier molecular flexibility index (Phi) is 2.08. The number of hydrogen-bond donors (Lipinski definition) is 0. The molecule has 0 atom stereocenters. The first-order chi connectivity index (χ1) is 6.74. The monoisotopic (exact) mass is 213 g/mol. The van der Waals surface area contributed by atoms with Crippen LogP contribution >= 0.6 is 11.3 Å². The molecule has 0 radical (unpaired) electrons. The number of hydrogen-bond acceptors (Lipinski definition) is 5. The van der Waals surface area contributed by atoms with Crippen molar-refractivity contribution in [3.05, 3.63) is 21.7 Å². The van der Waals surface area contributed by atoms with Crippen LogP contribution in [0.5, 0.6) is 5.88 Å². The number of fused-ring (bicyclic) bond motifs is 1. The summed E-state index contributed by atoms with van der Waals surface area (Å²) < 4.78 is 6.49. The maximum absolute atomic E-state index is 10.7. The van der Waals surface area contributed by atoms with Crippen LogP contribution in [0.3, 0.4) is 0 Å². The maximum Gasteiger partial charge on any atom is 0.393 e. The third-order valence-electron chi connectivity index (χ3n) is 1.66. The molecule has 0 aliphatic heterocycles. The molecule has 7 heteroatoms. The fourth-order valence-electron chi connectivity index (χ4n) is 1.15. The van der Waals surface area contributed by atoms with Gasteiger partial charge in [-0.2, -0.15) is 9.38 Å². The molecule has 0 aliphatic rings. The molecule has 0 aliphatic carbocycles. The van der Waals surface area contributed by atoms with E-state index in [1.54, 1.807) is 18.5 Å². The predicted octanol–water partition coefficient (Wildman–Crippen LogP) is 1.70. The average molecular weight is 213 g/mol. The molecule has 0 aromatic carbocycles. The molecule has 0 saturated heterocycles. The highest BCUT2D eigenvalue weighted by Crippen LogP contribution is 2.29. The normalized spacial score (nSPS) is 10.6. The standard InChI is InChI=1S/C7H7N3O3S/c1-2-13-5-6(10(11)12)9-3-4-14-7(9)8-5/h3-4H,2H2,1H3. The van der Waals surface area contributed by atoms with Gasteiger partial charge in [0.05, 0.1) is 6.61 Å². The van der Waals surface area contributed by atoms with Crippen molar-refractivity contribution in [1.29, 1.82) is 0 Å². The Morgan fingerprint density at radius 2 is 2.57 bits per heavy atom. The van der Waals surface area contributed by atoms with Crippen molar-refractivity contribution >= 4 is 22.1 Å². The lowest BCUT2D eigenvalue weighted by atomic mass is 10.7. The van der Waals surface area contributed by atoms with Gasteiger partial charge in [-0.05, 0) is 11.8 Å². The van der Waals surface area contributed by atoms with Gasteiger partial charge in [-0.3, -0.25) is 0 Å². The van der Waals surface area contributed by atoms with E-state index in [0.717, 1.165) is 0 Å². The van der Waals surface area contributed by atoms with Crippen LogP contribution in [-0.2, 0) is 0 Å². The molecule has 0 saturated carbocycles. The second-order valence-corrected chi connectivity index (χ2v) is 3.36. The minimum absolute atomic E-state index is 0.0874. The maximum atomic E-state index is 10.7. The smallest absolute Gasteiger partial charge is 0.393 e. The SMILES string of the molecule is CCOc1nc2sccn2c1[N+](=O)[O-]. The molecule has 74 valence electrons. The van der Waals surface area contributed by atoms with Crippen molar-refractivity contribution in [2.24, 2.45) is 0 Å². The van der Waals surface area contributed by atoms with Gasteiger partial charge in [0.15, 0.2) is 0 Å². The average Bonchev–Trinajstić information content (AvgIpc) is 2.62. The van der Waals surface area contributed by atoms with Crippen molar-refractivity contribution in [2.45, 2.75) is 6.92 Å². The summed E-state index contributed by atoms with van der Waals surface area (Å²) in [4.78, 5) is 14.8. The molecule has 0 spiro atoms. The van der Waals surface area contributed by atoms with Crippen molar-refractivity contribution in [1.82, 2.24) is 9.38 Å². The number of thiazole rings is 1. The minimum atomic E-state index is -0.488. The highest BCUT2D eigenvalue weighted by molar-refractivity contribution is 7.15. The molecule has 6 nitrogen and oxygen atoms in total. The number of nitrogens with zero attached hydrogens (tertiary/aromatic N) is 3. The van der Waals surface area contributed by atoms with Crippen LogP contribution in [0, 0.1) is 10.1 Å². The van der Waals surface area contributed by atoms with Crippen LogP contribution < -0.4 is 4.74 Å². The Bertz CT molecular complexity index is 475. The van der Waals surface area contributed by atoms with E-state index in [-0.39, 0.29) is 11.7 Å². The fourth-order valence-corrected chi connectivity index (χ4v) is 1.85.